The van der Waals surface area contributed by atoms with E-state index in [1.165, 1.54) is 0 Å². The number of carbonyl (C=O) groups is 1. The minimum absolute atomic E-state index is 0.0779. The second kappa shape index (κ2) is 5.62. The van der Waals surface area contributed by atoms with Gasteiger partial charge in [0.25, 0.3) is 5.91 Å². The highest BCUT2D eigenvalue weighted by atomic mass is 19.3. The quantitative estimate of drug-likeness (QED) is 0.422. The third-order valence-electron chi connectivity index (χ3n) is 1.41. The van der Waals surface area contributed by atoms with Crippen LogP contribution in [0.2, 0.25) is 0 Å². The van der Waals surface area contributed by atoms with Crippen molar-refractivity contribution >= 4 is 5.91 Å². The first-order valence-electron chi connectivity index (χ1n) is 3.98. The van der Waals surface area contributed by atoms with E-state index in [1.54, 1.807) is 24.4 Å². The third kappa shape index (κ3) is 3.76. The number of hydrogen-bond acceptors (Lipinski definition) is 1. The number of hydrogen-bond donors (Lipinski definition) is 1. The maximum absolute atomic E-state index is 12.3. The molecule has 0 radical (unpaired) electrons. The van der Waals surface area contributed by atoms with Gasteiger partial charge in [0.05, 0.1) is 0 Å². The lowest BCUT2D eigenvalue weighted by molar-refractivity contribution is -0.169. The molecule has 6 heteroatoms. The van der Waals surface area contributed by atoms with Crippen LogP contribution in [0.15, 0.2) is 12.2 Å². The van der Waals surface area contributed by atoms with Crippen molar-refractivity contribution in [3.05, 3.63) is 12.2 Å². The Morgan fingerprint density at radius 2 is 2.07 bits per heavy atom. The predicted octanol–water partition coefficient (Wildman–Crippen LogP) is 1.97. The Balaban J connectivity index is 3.96. The van der Waals surface area contributed by atoms with Crippen molar-refractivity contribution < 1.29 is 22.4 Å². The fourth-order valence-electron chi connectivity index (χ4n) is 0.653. The first kappa shape index (κ1) is 12.9. The highest BCUT2D eigenvalue weighted by Gasteiger charge is 2.48. The largest absolute Gasteiger partial charge is 0.383 e. The zero-order valence-electron chi connectivity index (χ0n) is 7.57. The van der Waals surface area contributed by atoms with Crippen molar-refractivity contribution in [1.29, 1.82) is 0 Å². The molecule has 0 spiro atoms. The molecule has 2 nitrogen and oxygen atoms in total. The summed E-state index contributed by atoms with van der Waals surface area (Å²) in [5, 5.41) is 1.72. The van der Waals surface area contributed by atoms with Crippen LogP contribution in [0.25, 0.3) is 0 Å². The van der Waals surface area contributed by atoms with Crippen molar-refractivity contribution in [2.75, 3.05) is 6.54 Å². The van der Waals surface area contributed by atoms with E-state index in [0.29, 0.717) is 6.42 Å². The molecule has 0 aliphatic heterocycles. The van der Waals surface area contributed by atoms with Crippen molar-refractivity contribution in [3.63, 3.8) is 0 Å². The third-order valence-corrected chi connectivity index (χ3v) is 1.41. The molecular formula is C8H11F4NO. The lowest BCUT2D eigenvalue weighted by Gasteiger charge is -2.14. The van der Waals surface area contributed by atoms with E-state index in [2.05, 4.69) is 0 Å². The number of rotatable bonds is 5. The van der Waals surface area contributed by atoms with Crippen LogP contribution in [0, 0.1) is 0 Å². The average molecular weight is 213 g/mol. The van der Waals surface area contributed by atoms with E-state index < -0.39 is 18.3 Å². The number of alkyl halides is 4. The Hall–Kier alpha value is -1.07. The van der Waals surface area contributed by atoms with Crippen LogP contribution in [-0.4, -0.2) is 24.8 Å². The Morgan fingerprint density at radius 3 is 2.50 bits per heavy atom. The highest BCUT2D eigenvalue weighted by molar-refractivity contribution is 5.83. The molecule has 0 unspecified atom stereocenters. The summed E-state index contributed by atoms with van der Waals surface area (Å²) in [6.45, 7) is 1.64. The molecule has 0 bridgehead atoms. The highest BCUT2D eigenvalue weighted by Crippen LogP contribution is 2.22. The van der Waals surface area contributed by atoms with Crippen LogP contribution in [0.3, 0.4) is 0 Å². The molecule has 0 heterocycles. The maximum atomic E-state index is 12.3. The molecule has 1 N–H and O–H groups in total. The van der Waals surface area contributed by atoms with Gasteiger partial charge in [-0.05, 0) is 13.3 Å². The molecule has 0 aromatic heterocycles. The van der Waals surface area contributed by atoms with Gasteiger partial charge in [-0.1, -0.05) is 12.2 Å². The summed E-state index contributed by atoms with van der Waals surface area (Å²) in [5.41, 5.74) is 0. The van der Waals surface area contributed by atoms with Crippen molar-refractivity contribution in [3.8, 4) is 0 Å². The minimum Gasteiger partial charge on any atom is -0.350 e. The summed E-state index contributed by atoms with van der Waals surface area (Å²) in [6, 6.07) is 0. The Morgan fingerprint density at radius 1 is 1.50 bits per heavy atom. The zero-order chi connectivity index (χ0) is 11.2. The predicted molar refractivity (Wildman–Crippen MR) is 43.4 cm³/mol. The lowest BCUT2D eigenvalue weighted by Crippen LogP contribution is -2.45. The fourth-order valence-corrected chi connectivity index (χ4v) is 0.653. The second-order valence-electron chi connectivity index (χ2n) is 2.54. The van der Waals surface area contributed by atoms with Crippen molar-refractivity contribution in [2.24, 2.45) is 0 Å². The van der Waals surface area contributed by atoms with Crippen molar-refractivity contribution in [2.45, 2.75) is 25.7 Å². The SMILES string of the molecule is C/C=C/CCNC(=O)C(F)(F)C(F)F. The molecule has 0 aromatic rings. The standard InChI is InChI=1S/C8H11F4NO/c1-2-3-4-5-13-7(14)8(11,12)6(9)10/h2-3,6H,4-5H2,1H3,(H,13,14)/b3-2+. The molecular weight excluding hydrogens is 202 g/mol. The van der Waals surface area contributed by atoms with Gasteiger partial charge in [0.15, 0.2) is 0 Å². The minimum atomic E-state index is -4.60. The van der Waals surface area contributed by atoms with Gasteiger partial charge in [-0.3, -0.25) is 4.79 Å². The van der Waals surface area contributed by atoms with Gasteiger partial charge < -0.3 is 5.32 Å². The average Bonchev–Trinajstić information content (AvgIpc) is 2.11. The summed E-state index contributed by atoms with van der Waals surface area (Å²) in [7, 11) is 0. The van der Waals surface area contributed by atoms with E-state index >= 15 is 0 Å². The molecule has 0 aromatic carbocycles. The zero-order valence-corrected chi connectivity index (χ0v) is 7.57. The Bertz CT molecular complexity index is 215. The Labute approximate surface area is 79.0 Å². The molecule has 82 valence electrons. The summed E-state index contributed by atoms with van der Waals surface area (Å²) in [6.07, 6.45) is -0.344. The van der Waals surface area contributed by atoms with Gasteiger partial charge >= 0.3 is 12.3 Å². The first-order valence-corrected chi connectivity index (χ1v) is 3.98. The number of allylic oxidation sites excluding steroid dienone is 1. The van der Waals surface area contributed by atoms with Crippen LogP contribution in [0.4, 0.5) is 17.6 Å². The lowest BCUT2D eigenvalue weighted by atomic mass is 10.3. The van der Waals surface area contributed by atoms with Gasteiger partial charge in [-0.25, -0.2) is 8.78 Å². The normalized spacial score (nSPS) is 12.4. The molecule has 0 saturated carbocycles. The Kier molecular flexibility index (Phi) is 5.19. The first-order chi connectivity index (χ1) is 6.42. The summed E-state index contributed by atoms with van der Waals surface area (Å²) < 4.78 is 47.8. The number of carbonyl (C=O) groups excluding carboxylic acids is 1. The van der Waals surface area contributed by atoms with Gasteiger partial charge in [0.2, 0.25) is 0 Å². The topological polar surface area (TPSA) is 29.1 Å². The number of amides is 1. The molecule has 0 aliphatic rings. The van der Waals surface area contributed by atoms with E-state index in [4.69, 9.17) is 0 Å². The van der Waals surface area contributed by atoms with E-state index in [-0.39, 0.29) is 6.54 Å². The molecule has 0 fully saturated rings. The van der Waals surface area contributed by atoms with Crippen LogP contribution >= 0.6 is 0 Å². The summed E-state index contributed by atoms with van der Waals surface area (Å²) >= 11 is 0. The van der Waals surface area contributed by atoms with E-state index in [0.717, 1.165) is 0 Å². The van der Waals surface area contributed by atoms with Crippen molar-refractivity contribution in [1.82, 2.24) is 5.32 Å². The van der Waals surface area contributed by atoms with E-state index in [1.807, 2.05) is 0 Å². The second-order valence-corrected chi connectivity index (χ2v) is 2.54. The van der Waals surface area contributed by atoms with E-state index in [9.17, 15) is 22.4 Å². The molecule has 1 amide bonds. The van der Waals surface area contributed by atoms with Crippen LogP contribution < -0.4 is 5.32 Å². The van der Waals surface area contributed by atoms with Gasteiger partial charge in [-0.2, -0.15) is 8.78 Å². The molecule has 14 heavy (non-hydrogen) atoms. The monoisotopic (exact) mass is 213 g/mol. The van der Waals surface area contributed by atoms with Gasteiger partial charge in [0, 0.05) is 6.54 Å². The number of halogens is 4. The maximum Gasteiger partial charge on any atom is 0.383 e. The molecule has 0 saturated heterocycles. The summed E-state index contributed by atoms with van der Waals surface area (Å²) in [4.78, 5) is 10.5. The summed E-state index contributed by atoms with van der Waals surface area (Å²) in [5.74, 6) is -6.53. The smallest absolute Gasteiger partial charge is 0.350 e. The van der Waals surface area contributed by atoms with Gasteiger partial charge in [-0.15, -0.1) is 0 Å². The molecule has 0 rings (SSSR count). The van der Waals surface area contributed by atoms with Crippen LogP contribution in [0.1, 0.15) is 13.3 Å². The number of nitrogens with one attached hydrogen (secondary N) is 1. The van der Waals surface area contributed by atoms with Crippen LogP contribution in [0.5, 0.6) is 0 Å². The molecule has 0 atom stereocenters. The molecule has 0 aliphatic carbocycles. The fraction of sp³-hybridized carbons (Fsp3) is 0.625. The van der Waals surface area contributed by atoms with Crippen LogP contribution in [-0.2, 0) is 4.79 Å². The van der Waals surface area contributed by atoms with Gasteiger partial charge in [0.1, 0.15) is 0 Å².